The number of halogens is 2. The molecule has 5 heteroatoms. The Kier molecular flexibility index (Phi) is 5.93. The van der Waals surface area contributed by atoms with Gasteiger partial charge in [-0.3, -0.25) is 4.79 Å². The summed E-state index contributed by atoms with van der Waals surface area (Å²) in [5, 5.41) is 0. The van der Waals surface area contributed by atoms with Crippen molar-refractivity contribution < 1.29 is 13.9 Å². The van der Waals surface area contributed by atoms with E-state index in [-0.39, 0.29) is 11.7 Å². The Morgan fingerprint density at radius 3 is 2.61 bits per heavy atom. The lowest BCUT2D eigenvalue weighted by molar-refractivity contribution is -0.125. The first-order valence-corrected chi connectivity index (χ1v) is 7.80. The van der Waals surface area contributed by atoms with Crippen LogP contribution in [0, 0.1) is 5.82 Å². The standard InChI is InChI=1S/C18H17BrFNO2/c1-21(12-13-3-7-16(20)8-4-13)18(22)10-5-14-11-15(19)6-9-17(14)23-2/h3-11H,12H2,1-2H3/b10-5+. The van der Waals surface area contributed by atoms with E-state index in [1.807, 2.05) is 18.2 Å². The molecule has 1 amide bonds. The number of hydrogen-bond donors (Lipinski definition) is 0. The minimum atomic E-state index is -0.288. The van der Waals surface area contributed by atoms with Crippen molar-refractivity contribution >= 4 is 27.9 Å². The van der Waals surface area contributed by atoms with E-state index in [0.717, 1.165) is 15.6 Å². The first-order chi connectivity index (χ1) is 11.0. The van der Waals surface area contributed by atoms with Crippen molar-refractivity contribution in [2.45, 2.75) is 6.54 Å². The van der Waals surface area contributed by atoms with E-state index < -0.39 is 0 Å². The van der Waals surface area contributed by atoms with Crippen LogP contribution in [0.1, 0.15) is 11.1 Å². The van der Waals surface area contributed by atoms with Gasteiger partial charge in [-0.1, -0.05) is 28.1 Å². The molecule has 0 bridgehead atoms. The van der Waals surface area contributed by atoms with Crippen LogP contribution in [0.3, 0.4) is 0 Å². The second-order valence-corrected chi connectivity index (χ2v) is 5.96. The van der Waals surface area contributed by atoms with Crippen molar-refractivity contribution in [3.05, 3.63) is 70.0 Å². The molecule has 0 N–H and O–H groups in total. The van der Waals surface area contributed by atoms with Crippen molar-refractivity contribution in [1.82, 2.24) is 4.90 Å². The zero-order valence-electron chi connectivity index (χ0n) is 12.9. The van der Waals surface area contributed by atoms with Crippen molar-refractivity contribution in [3.8, 4) is 5.75 Å². The lowest BCUT2D eigenvalue weighted by Gasteiger charge is -2.15. The Labute approximate surface area is 143 Å². The van der Waals surface area contributed by atoms with Crippen molar-refractivity contribution in [3.63, 3.8) is 0 Å². The number of rotatable bonds is 5. The van der Waals surface area contributed by atoms with Crippen molar-refractivity contribution in [2.75, 3.05) is 14.2 Å². The summed E-state index contributed by atoms with van der Waals surface area (Å²) < 4.78 is 19.1. The Balaban J connectivity index is 2.05. The monoisotopic (exact) mass is 377 g/mol. The molecule has 0 unspecified atom stereocenters. The third-order valence-corrected chi connectivity index (χ3v) is 3.80. The Morgan fingerprint density at radius 2 is 1.96 bits per heavy atom. The van der Waals surface area contributed by atoms with Gasteiger partial charge in [0.2, 0.25) is 5.91 Å². The van der Waals surface area contributed by atoms with Gasteiger partial charge in [-0.15, -0.1) is 0 Å². The Hall–Kier alpha value is -2.14. The molecule has 0 spiro atoms. The molecule has 3 nitrogen and oxygen atoms in total. The minimum Gasteiger partial charge on any atom is -0.496 e. The number of hydrogen-bond acceptors (Lipinski definition) is 2. The van der Waals surface area contributed by atoms with Gasteiger partial charge < -0.3 is 9.64 Å². The normalized spacial score (nSPS) is 10.8. The largest absolute Gasteiger partial charge is 0.496 e. The third-order valence-electron chi connectivity index (χ3n) is 3.31. The molecule has 0 saturated heterocycles. The van der Waals surface area contributed by atoms with Crippen LogP contribution in [-0.4, -0.2) is 25.0 Å². The molecule has 0 aliphatic heterocycles. The first kappa shape index (κ1) is 17.2. The second-order valence-electron chi connectivity index (χ2n) is 5.04. The van der Waals surface area contributed by atoms with Gasteiger partial charge in [0.15, 0.2) is 0 Å². The van der Waals surface area contributed by atoms with E-state index in [2.05, 4.69) is 15.9 Å². The molecule has 0 aliphatic carbocycles. The maximum absolute atomic E-state index is 12.9. The van der Waals surface area contributed by atoms with Crippen LogP contribution in [0.5, 0.6) is 5.75 Å². The summed E-state index contributed by atoms with van der Waals surface area (Å²) in [6.45, 7) is 0.416. The highest BCUT2D eigenvalue weighted by atomic mass is 79.9. The van der Waals surface area contributed by atoms with Gasteiger partial charge in [0.25, 0.3) is 0 Å². The van der Waals surface area contributed by atoms with Crippen LogP contribution >= 0.6 is 15.9 Å². The first-order valence-electron chi connectivity index (χ1n) is 7.01. The summed E-state index contributed by atoms with van der Waals surface area (Å²) in [7, 11) is 3.29. The molecule has 0 radical (unpaired) electrons. The molecule has 0 aromatic heterocycles. The van der Waals surface area contributed by atoms with Gasteiger partial charge >= 0.3 is 0 Å². The second kappa shape index (κ2) is 7.92. The van der Waals surface area contributed by atoms with Gasteiger partial charge in [0, 0.05) is 29.7 Å². The highest BCUT2D eigenvalue weighted by Gasteiger charge is 2.07. The highest BCUT2D eigenvalue weighted by molar-refractivity contribution is 9.10. The summed E-state index contributed by atoms with van der Waals surface area (Å²) in [6, 6.07) is 11.7. The van der Waals surface area contributed by atoms with Gasteiger partial charge in [-0.05, 0) is 42.0 Å². The van der Waals surface area contributed by atoms with Crippen LogP contribution in [0.4, 0.5) is 4.39 Å². The Morgan fingerprint density at radius 1 is 1.26 bits per heavy atom. The van der Waals surface area contributed by atoms with E-state index in [1.165, 1.54) is 18.2 Å². The summed E-state index contributed by atoms with van der Waals surface area (Å²) >= 11 is 3.40. The summed E-state index contributed by atoms with van der Waals surface area (Å²) in [4.78, 5) is 13.7. The van der Waals surface area contributed by atoms with E-state index >= 15 is 0 Å². The van der Waals surface area contributed by atoms with Crippen molar-refractivity contribution in [2.24, 2.45) is 0 Å². The third kappa shape index (κ3) is 4.93. The minimum absolute atomic E-state index is 0.142. The predicted octanol–water partition coefficient (Wildman–Crippen LogP) is 4.27. The number of likely N-dealkylation sites (N-methyl/N-ethyl adjacent to an activating group) is 1. The van der Waals surface area contributed by atoms with E-state index in [1.54, 1.807) is 37.3 Å². The fraction of sp³-hybridized carbons (Fsp3) is 0.167. The van der Waals surface area contributed by atoms with Crippen LogP contribution < -0.4 is 4.74 Å². The SMILES string of the molecule is COc1ccc(Br)cc1/C=C/C(=O)N(C)Cc1ccc(F)cc1. The number of carbonyl (C=O) groups excluding carboxylic acids is 1. The maximum atomic E-state index is 12.9. The van der Waals surface area contributed by atoms with Crippen molar-refractivity contribution in [1.29, 1.82) is 0 Å². The van der Waals surface area contributed by atoms with E-state index in [0.29, 0.717) is 12.3 Å². The smallest absolute Gasteiger partial charge is 0.246 e. The molecule has 0 heterocycles. The molecule has 23 heavy (non-hydrogen) atoms. The molecule has 2 aromatic carbocycles. The molecule has 2 aromatic rings. The van der Waals surface area contributed by atoms with Gasteiger partial charge in [-0.2, -0.15) is 0 Å². The fourth-order valence-corrected chi connectivity index (χ4v) is 2.44. The van der Waals surface area contributed by atoms with Gasteiger partial charge in [-0.25, -0.2) is 4.39 Å². The van der Waals surface area contributed by atoms with E-state index in [9.17, 15) is 9.18 Å². The highest BCUT2D eigenvalue weighted by Crippen LogP contribution is 2.24. The van der Waals surface area contributed by atoms with E-state index in [4.69, 9.17) is 4.74 Å². The number of ether oxygens (including phenoxy) is 1. The average Bonchev–Trinajstić information content (AvgIpc) is 2.54. The molecule has 0 atom stereocenters. The Bertz CT molecular complexity index is 713. The zero-order chi connectivity index (χ0) is 16.8. The van der Waals surface area contributed by atoms with Gasteiger partial charge in [0.1, 0.15) is 11.6 Å². The average molecular weight is 378 g/mol. The van der Waals surface area contributed by atoms with Crippen LogP contribution in [-0.2, 0) is 11.3 Å². The molecular weight excluding hydrogens is 361 g/mol. The molecule has 0 saturated carbocycles. The quantitative estimate of drug-likeness (QED) is 0.728. The molecule has 0 fully saturated rings. The van der Waals surface area contributed by atoms with Gasteiger partial charge in [0.05, 0.1) is 7.11 Å². The summed E-state index contributed by atoms with van der Waals surface area (Å²) in [5.41, 5.74) is 1.68. The number of nitrogens with zero attached hydrogens (tertiary/aromatic N) is 1. The number of methoxy groups -OCH3 is 1. The summed E-state index contributed by atoms with van der Waals surface area (Å²) in [6.07, 6.45) is 3.21. The lowest BCUT2D eigenvalue weighted by Crippen LogP contribution is -2.24. The number of amides is 1. The fourth-order valence-electron chi connectivity index (χ4n) is 2.07. The predicted molar refractivity (Wildman–Crippen MR) is 92.6 cm³/mol. The number of benzene rings is 2. The molecule has 0 aliphatic rings. The maximum Gasteiger partial charge on any atom is 0.246 e. The molecule has 120 valence electrons. The topological polar surface area (TPSA) is 29.5 Å². The lowest BCUT2D eigenvalue weighted by atomic mass is 10.2. The zero-order valence-corrected chi connectivity index (χ0v) is 14.5. The number of carbonyl (C=O) groups is 1. The van der Waals surface area contributed by atoms with Crippen LogP contribution in [0.2, 0.25) is 0 Å². The van der Waals surface area contributed by atoms with Crippen LogP contribution in [0.15, 0.2) is 53.0 Å². The molecular formula is C18H17BrFNO2. The molecule has 2 rings (SSSR count). The van der Waals surface area contributed by atoms with Crippen LogP contribution in [0.25, 0.3) is 6.08 Å². The summed E-state index contributed by atoms with van der Waals surface area (Å²) in [5.74, 6) is 0.263.